The number of amides is 1. The van der Waals surface area contributed by atoms with Gasteiger partial charge in [0.25, 0.3) is 0 Å². The molecule has 2 N–H and O–H groups in total. The van der Waals surface area contributed by atoms with Crippen molar-refractivity contribution in [1.82, 2.24) is 5.32 Å². The monoisotopic (exact) mass is 273 g/mol. The van der Waals surface area contributed by atoms with Crippen molar-refractivity contribution >= 4 is 11.9 Å². The van der Waals surface area contributed by atoms with Gasteiger partial charge in [0.15, 0.2) is 0 Å². The molecular weight excluding hydrogens is 258 g/mol. The summed E-state index contributed by atoms with van der Waals surface area (Å²) in [5, 5.41) is 11.8. The van der Waals surface area contributed by atoms with Gasteiger partial charge in [0.1, 0.15) is 5.76 Å². The molecule has 2 aromatic rings. The lowest BCUT2D eigenvalue weighted by Gasteiger charge is -2.12. The molecule has 104 valence electrons. The number of carbonyl (C=O) groups excluding carboxylic acids is 1. The predicted octanol–water partition coefficient (Wildman–Crippen LogP) is 2.40. The van der Waals surface area contributed by atoms with Crippen molar-refractivity contribution in [1.29, 1.82) is 0 Å². The molecule has 1 amide bonds. The van der Waals surface area contributed by atoms with Gasteiger partial charge in [-0.05, 0) is 30.7 Å². The van der Waals surface area contributed by atoms with E-state index in [1.54, 1.807) is 37.3 Å². The van der Waals surface area contributed by atoms with E-state index in [0.29, 0.717) is 11.3 Å². The maximum atomic E-state index is 11.9. The summed E-state index contributed by atoms with van der Waals surface area (Å²) < 4.78 is 5.20. The van der Waals surface area contributed by atoms with Crippen LogP contribution in [0.15, 0.2) is 47.1 Å². The average molecular weight is 273 g/mol. The van der Waals surface area contributed by atoms with Crippen molar-refractivity contribution in [3.63, 3.8) is 0 Å². The van der Waals surface area contributed by atoms with Gasteiger partial charge in [0.2, 0.25) is 5.91 Å². The number of hydrogen-bond donors (Lipinski definition) is 2. The summed E-state index contributed by atoms with van der Waals surface area (Å²) in [4.78, 5) is 23.0. The molecule has 20 heavy (non-hydrogen) atoms. The second-order valence-electron chi connectivity index (χ2n) is 4.44. The van der Waals surface area contributed by atoms with Gasteiger partial charge in [0, 0.05) is 0 Å². The van der Waals surface area contributed by atoms with Crippen molar-refractivity contribution in [2.45, 2.75) is 19.4 Å². The fourth-order valence-corrected chi connectivity index (χ4v) is 1.96. The average Bonchev–Trinajstić information content (AvgIpc) is 2.92. The highest BCUT2D eigenvalue weighted by Gasteiger charge is 2.15. The lowest BCUT2D eigenvalue weighted by Crippen LogP contribution is -2.28. The van der Waals surface area contributed by atoms with Crippen LogP contribution >= 0.6 is 0 Å². The third-order valence-electron chi connectivity index (χ3n) is 2.95. The van der Waals surface area contributed by atoms with Crippen LogP contribution in [0.3, 0.4) is 0 Å². The molecule has 0 aliphatic heterocycles. The van der Waals surface area contributed by atoms with Crippen LogP contribution in [0, 0.1) is 0 Å². The first kappa shape index (κ1) is 13.9. The molecule has 1 aromatic carbocycles. The van der Waals surface area contributed by atoms with Crippen molar-refractivity contribution < 1.29 is 19.1 Å². The zero-order chi connectivity index (χ0) is 14.5. The first-order valence-corrected chi connectivity index (χ1v) is 6.22. The van der Waals surface area contributed by atoms with Gasteiger partial charge >= 0.3 is 5.97 Å². The molecule has 0 bridgehead atoms. The number of hydrogen-bond acceptors (Lipinski definition) is 3. The number of carboxylic acid groups (broad SMARTS) is 1. The van der Waals surface area contributed by atoms with E-state index >= 15 is 0 Å². The maximum absolute atomic E-state index is 11.9. The second kappa shape index (κ2) is 6.06. The topological polar surface area (TPSA) is 79.5 Å². The highest BCUT2D eigenvalue weighted by Crippen LogP contribution is 2.14. The molecular formula is C15H15NO4. The van der Waals surface area contributed by atoms with Crippen LogP contribution in [0.1, 0.15) is 34.6 Å². The number of benzene rings is 1. The highest BCUT2D eigenvalue weighted by atomic mass is 16.4. The van der Waals surface area contributed by atoms with E-state index in [1.807, 2.05) is 0 Å². The Balaban J connectivity index is 2.03. The Bertz CT molecular complexity index is 604. The van der Waals surface area contributed by atoms with Crippen molar-refractivity contribution in [3.05, 3.63) is 59.5 Å². The Morgan fingerprint density at radius 1 is 1.25 bits per heavy atom. The van der Waals surface area contributed by atoms with E-state index in [0.717, 1.165) is 0 Å². The number of carboxylic acids is 1. The molecule has 0 aliphatic carbocycles. The second-order valence-corrected chi connectivity index (χ2v) is 4.44. The maximum Gasteiger partial charge on any atom is 0.335 e. The minimum absolute atomic E-state index is 0.0214. The Morgan fingerprint density at radius 3 is 2.65 bits per heavy atom. The van der Waals surface area contributed by atoms with Crippen molar-refractivity contribution in [2.75, 3.05) is 0 Å². The van der Waals surface area contributed by atoms with Crippen molar-refractivity contribution in [2.24, 2.45) is 0 Å². The Morgan fingerprint density at radius 2 is 2.00 bits per heavy atom. The lowest BCUT2D eigenvalue weighted by atomic mass is 10.0. The van der Waals surface area contributed by atoms with Gasteiger partial charge < -0.3 is 14.8 Å². The molecule has 0 saturated heterocycles. The standard InChI is InChI=1S/C15H15NO4/c1-10(13-7-4-8-20-13)16-14(17)9-11-5-2-3-6-12(11)15(18)19/h2-8,10H,9H2,1H3,(H,16,17)(H,18,19)/t10-/m1/s1. The van der Waals surface area contributed by atoms with E-state index in [-0.39, 0.29) is 23.9 Å². The summed E-state index contributed by atoms with van der Waals surface area (Å²) in [6.45, 7) is 1.81. The number of rotatable bonds is 5. The van der Waals surface area contributed by atoms with Crippen LogP contribution in [-0.4, -0.2) is 17.0 Å². The van der Waals surface area contributed by atoms with Crippen LogP contribution in [-0.2, 0) is 11.2 Å². The SMILES string of the molecule is C[C@@H](NC(=O)Cc1ccccc1C(=O)O)c1ccco1. The lowest BCUT2D eigenvalue weighted by molar-refractivity contribution is -0.121. The van der Waals surface area contributed by atoms with Gasteiger partial charge in [0.05, 0.1) is 24.3 Å². The largest absolute Gasteiger partial charge is 0.478 e. The minimum atomic E-state index is -1.03. The zero-order valence-corrected chi connectivity index (χ0v) is 11.0. The summed E-state index contributed by atoms with van der Waals surface area (Å²) in [7, 11) is 0. The molecule has 0 saturated carbocycles. The van der Waals surface area contributed by atoms with Gasteiger partial charge in [-0.25, -0.2) is 4.79 Å². The number of carbonyl (C=O) groups is 2. The molecule has 0 radical (unpaired) electrons. The van der Waals surface area contributed by atoms with Crippen LogP contribution in [0.4, 0.5) is 0 Å². The van der Waals surface area contributed by atoms with Gasteiger partial charge in [-0.1, -0.05) is 18.2 Å². The molecule has 1 aromatic heterocycles. The summed E-state index contributed by atoms with van der Waals surface area (Å²) >= 11 is 0. The molecule has 0 unspecified atom stereocenters. The highest BCUT2D eigenvalue weighted by molar-refractivity contribution is 5.91. The molecule has 0 spiro atoms. The molecule has 0 fully saturated rings. The van der Waals surface area contributed by atoms with E-state index in [2.05, 4.69) is 5.32 Å². The molecule has 1 atom stereocenters. The van der Waals surface area contributed by atoms with Crippen LogP contribution in [0.5, 0.6) is 0 Å². The predicted molar refractivity (Wildman–Crippen MR) is 72.4 cm³/mol. The molecule has 5 nitrogen and oxygen atoms in total. The Kier molecular flexibility index (Phi) is 4.20. The zero-order valence-electron chi connectivity index (χ0n) is 11.0. The Labute approximate surface area is 116 Å². The summed E-state index contributed by atoms with van der Waals surface area (Å²) in [5.74, 6) is -0.625. The van der Waals surface area contributed by atoms with E-state index in [4.69, 9.17) is 9.52 Å². The Hall–Kier alpha value is -2.56. The third-order valence-corrected chi connectivity index (χ3v) is 2.95. The van der Waals surface area contributed by atoms with Crippen molar-refractivity contribution in [3.8, 4) is 0 Å². The van der Waals surface area contributed by atoms with Crippen LogP contribution in [0.2, 0.25) is 0 Å². The summed E-state index contributed by atoms with van der Waals surface area (Å²) in [5.41, 5.74) is 0.637. The quantitative estimate of drug-likeness (QED) is 0.876. The molecule has 2 rings (SSSR count). The number of furan rings is 1. The normalized spacial score (nSPS) is 11.8. The first-order valence-electron chi connectivity index (χ1n) is 6.22. The number of nitrogens with one attached hydrogen (secondary N) is 1. The fourth-order valence-electron chi connectivity index (χ4n) is 1.96. The molecule has 1 heterocycles. The van der Waals surface area contributed by atoms with E-state index in [9.17, 15) is 9.59 Å². The summed E-state index contributed by atoms with van der Waals surface area (Å²) in [6, 6.07) is 9.74. The van der Waals surface area contributed by atoms with E-state index in [1.165, 1.54) is 12.3 Å². The molecule has 0 aliphatic rings. The van der Waals surface area contributed by atoms with Gasteiger partial charge in [-0.2, -0.15) is 0 Å². The van der Waals surface area contributed by atoms with Gasteiger partial charge in [-0.15, -0.1) is 0 Å². The number of aromatic carboxylic acids is 1. The molecule has 5 heteroatoms. The smallest absolute Gasteiger partial charge is 0.335 e. The fraction of sp³-hybridized carbons (Fsp3) is 0.200. The van der Waals surface area contributed by atoms with E-state index < -0.39 is 5.97 Å². The minimum Gasteiger partial charge on any atom is -0.478 e. The summed E-state index contributed by atoms with van der Waals surface area (Å²) in [6.07, 6.45) is 1.56. The van der Waals surface area contributed by atoms with Gasteiger partial charge in [-0.3, -0.25) is 4.79 Å². The van der Waals surface area contributed by atoms with Crippen LogP contribution < -0.4 is 5.32 Å². The first-order chi connectivity index (χ1) is 9.58. The van der Waals surface area contributed by atoms with Crippen LogP contribution in [0.25, 0.3) is 0 Å². The third kappa shape index (κ3) is 3.26.